The molecule has 1 fully saturated rings. The van der Waals surface area contributed by atoms with Gasteiger partial charge in [-0.3, -0.25) is 4.79 Å². The highest BCUT2D eigenvalue weighted by molar-refractivity contribution is 6.00. The zero-order chi connectivity index (χ0) is 20.2. The van der Waals surface area contributed by atoms with Gasteiger partial charge in [-0.05, 0) is 78.8 Å². The fourth-order valence-electron chi connectivity index (χ4n) is 4.12. The van der Waals surface area contributed by atoms with Crippen molar-refractivity contribution in [3.05, 3.63) is 77.4 Å². The van der Waals surface area contributed by atoms with E-state index < -0.39 is 0 Å². The molecular formula is C25H28N2O2. The van der Waals surface area contributed by atoms with Crippen LogP contribution in [0.4, 0.5) is 5.69 Å². The van der Waals surface area contributed by atoms with Crippen LogP contribution in [0, 0.1) is 6.92 Å². The van der Waals surface area contributed by atoms with Crippen molar-refractivity contribution in [1.82, 2.24) is 5.32 Å². The first-order chi connectivity index (χ1) is 14.1. The molecule has 1 saturated carbocycles. The Balaban J connectivity index is 1.50. The second-order valence-electron chi connectivity index (χ2n) is 8.05. The minimum Gasteiger partial charge on any atom is -0.393 e. The van der Waals surface area contributed by atoms with Gasteiger partial charge in [0.15, 0.2) is 0 Å². The van der Waals surface area contributed by atoms with Crippen LogP contribution in [-0.4, -0.2) is 23.2 Å². The number of rotatable bonds is 5. The van der Waals surface area contributed by atoms with E-state index in [4.69, 9.17) is 0 Å². The molecule has 3 N–H and O–H groups in total. The third kappa shape index (κ3) is 4.77. The summed E-state index contributed by atoms with van der Waals surface area (Å²) >= 11 is 0. The van der Waals surface area contributed by atoms with Gasteiger partial charge in [-0.1, -0.05) is 36.4 Å². The predicted octanol–water partition coefficient (Wildman–Crippen LogP) is 4.79. The number of hydrogen-bond acceptors (Lipinski definition) is 3. The quantitative estimate of drug-likeness (QED) is 0.589. The van der Waals surface area contributed by atoms with Crippen molar-refractivity contribution in [2.24, 2.45) is 0 Å². The third-order valence-electron chi connectivity index (χ3n) is 5.78. The van der Waals surface area contributed by atoms with Gasteiger partial charge in [-0.2, -0.15) is 0 Å². The molecule has 4 nitrogen and oxygen atoms in total. The Morgan fingerprint density at radius 3 is 2.52 bits per heavy atom. The number of anilines is 1. The minimum atomic E-state index is -0.149. The van der Waals surface area contributed by atoms with Crippen LogP contribution < -0.4 is 10.6 Å². The highest BCUT2D eigenvalue weighted by Crippen LogP contribution is 2.27. The topological polar surface area (TPSA) is 61.4 Å². The molecule has 0 aliphatic heterocycles. The normalized spacial score (nSPS) is 19.1. The van der Waals surface area contributed by atoms with Crippen molar-refractivity contribution >= 4 is 22.4 Å². The Hall–Kier alpha value is -2.85. The number of amides is 1. The molecule has 0 atom stereocenters. The molecular weight excluding hydrogens is 360 g/mol. The number of fused-ring (bicyclic) bond motifs is 1. The van der Waals surface area contributed by atoms with E-state index >= 15 is 0 Å². The van der Waals surface area contributed by atoms with Gasteiger partial charge in [0.25, 0.3) is 5.91 Å². The van der Waals surface area contributed by atoms with Crippen LogP contribution >= 0.6 is 0 Å². The molecule has 0 radical (unpaired) electrons. The molecule has 1 aliphatic rings. The van der Waals surface area contributed by atoms with Crippen molar-refractivity contribution in [2.45, 2.75) is 51.3 Å². The van der Waals surface area contributed by atoms with Gasteiger partial charge in [0.05, 0.1) is 6.10 Å². The third-order valence-corrected chi connectivity index (χ3v) is 5.78. The molecule has 29 heavy (non-hydrogen) atoms. The molecule has 4 heteroatoms. The van der Waals surface area contributed by atoms with Gasteiger partial charge in [-0.25, -0.2) is 0 Å². The molecule has 0 aromatic heterocycles. The lowest BCUT2D eigenvalue weighted by Gasteiger charge is -2.27. The summed E-state index contributed by atoms with van der Waals surface area (Å²) in [4.78, 5) is 12.7. The Bertz CT molecular complexity index is 992. The summed E-state index contributed by atoms with van der Waals surface area (Å²) in [6.45, 7) is 2.57. The van der Waals surface area contributed by atoms with Crippen LogP contribution in [0.5, 0.6) is 0 Å². The second-order valence-corrected chi connectivity index (χ2v) is 8.05. The molecule has 150 valence electrons. The van der Waals surface area contributed by atoms with E-state index in [0.717, 1.165) is 53.3 Å². The number of aliphatic hydroxyl groups excluding tert-OH is 1. The Labute approximate surface area is 172 Å². The largest absolute Gasteiger partial charge is 0.393 e. The average Bonchev–Trinajstić information content (AvgIpc) is 2.74. The highest BCUT2D eigenvalue weighted by atomic mass is 16.3. The van der Waals surface area contributed by atoms with Crippen LogP contribution in [0.3, 0.4) is 0 Å². The smallest absolute Gasteiger partial charge is 0.251 e. The Kier molecular flexibility index (Phi) is 5.81. The molecule has 0 saturated heterocycles. The Morgan fingerprint density at radius 1 is 1.00 bits per heavy atom. The van der Waals surface area contributed by atoms with E-state index in [0.29, 0.717) is 18.2 Å². The van der Waals surface area contributed by atoms with Crippen molar-refractivity contribution in [1.29, 1.82) is 0 Å². The number of aliphatic hydroxyl groups is 1. The number of benzene rings is 3. The number of hydrogen-bond donors (Lipinski definition) is 3. The van der Waals surface area contributed by atoms with Gasteiger partial charge < -0.3 is 15.7 Å². The van der Waals surface area contributed by atoms with Gasteiger partial charge in [-0.15, -0.1) is 0 Å². The number of carbonyl (C=O) groups excluding carboxylic acids is 1. The maximum Gasteiger partial charge on any atom is 0.251 e. The molecule has 4 rings (SSSR count). The fraction of sp³-hybridized carbons (Fsp3) is 0.320. The van der Waals surface area contributed by atoms with Crippen molar-refractivity contribution in [3.8, 4) is 0 Å². The van der Waals surface area contributed by atoms with E-state index in [9.17, 15) is 9.90 Å². The van der Waals surface area contributed by atoms with Crippen LogP contribution in [0.15, 0.2) is 60.7 Å². The van der Waals surface area contributed by atoms with Crippen LogP contribution in [0.2, 0.25) is 0 Å². The zero-order valence-corrected chi connectivity index (χ0v) is 16.8. The van der Waals surface area contributed by atoms with Crippen LogP contribution in [-0.2, 0) is 6.54 Å². The van der Waals surface area contributed by atoms with Crippen molar-refractivity contribution in [3.63, 3.8) is 0 Å². The summed E-state index contributed by atoms with van der Waals surface area (Å²) in [5.41, 5.74) is 3.94. The summed E-state index contributed by atoms with van der Waals surface area (Å²) in [5, 5.41) is 18.5. The summed E-state index contributed by atoms with van der Waals surface area (Å²) in [6.07, 6.45) is 3.54. The summed E-state index contributed by atoms with van der Waals surface area (Å²) in [7, 11) is 0. The lowest BCUT2D eigenvalue weighted by Crippen LogP contribution is -2.28. The molecule has 3 aromatic rings. The first kappa shape index (κ1) is 19.5. The van der Waals surface area contributed by atoms with Crippen LogP contribution in [0.1, 0.15) is 47.2 Å². The average molecular weight is 389 g/mol. The van der Waals surface area contributed by atoms with E-state index in [1.807, 2.05) is 49.4 Å². The summed E-state index contributed by atoms with van der Waals surface area (Å²) in [5.74, 6) is -0.0570. The second kappa shape index (κ2) is 8.66. The van der Waals surface area contributed by atoms with Crippen molar-refractivity contribution < 1.29 is 9.90 Å². The number of nitrogens with one attached hydrogen (secondary N) is 2. The van der Waals surface area contributed by atoms with Gasteiger partial charge in [0, 0.05) is 23.8 Å². The molecule has 0 spiro atoms. The van der Waals surface area contributed by atoms with Gasteiger partial charge >= 0.3 is 0 Å². The maximum absolute atomic E-state index is 12.7. The lowest BCUT2D eigenvalue weighted by atomic mass is 9.93. The minimum absolute atomic E-state index is 0.0570. The van der Waals surface area contributed by atoms with Gasteiger partial charge in [0.1, 0.15) is 0 Å². The molecule has 1 aliphatic carbocycles. The van der Waals surface area contributed by atoms with Crippen LogP contribution in [0.25, 0.3) is 10.8 Å². The summed E-state index contributed by atoms with van der Waals surface area (Å²) in [6, 6.07) is 20.6. The molecule has 0 bridgehead atoms. The maximum atomic E-state index is 12.7. The zero-order valence-electron chi connectivity index (χ0n) is 16.8. The standard InChI is InChI=1S/C25H28N2O2/c1-17-13-20(25(29)26-16-18-5-3-2-4-6-18)14-19-15-22(9-12-24(17)19)27-21-7-10-23(28)11-8-21/h2-6,9,12-15,21,23,27-28H,7-8,10-11,16H2,1H3,(H,26,29). The molecule has 0 heterocycles. The lowest BCUT2D eigenvalue weighted by molar-refractivity contribution is 0.0951. The molecule has 3 aromatic carbocycles. The first-order valence-electron chi connectivity index (χ1n) is 10.4. The highest BCUT2D eigenvalue weighted by Gasteiger charge is 2.19. The van der Waals surface area contributed by atoms with E-state index in [1.165, 1.54) is 0 Å². The monoisotopic (exact) mass is 388 g/mol. The summed E-state index contributed by atoms with van der Waals surface area (Å²) < 4.78 is 0. The predicted molar refractivity (Wildman–Crippen MR) is 118 cm³/mol. The number of aryl methyl sites for hydroxylation is 1. The SMILES string of the molecule is Cc1cc(C(=O)NCc2ccccc2)cc2cc(NC3CCC(O)CC3)ccc12. The Morgan fingerprint density at radius 2 is 1.76 bits per heavy atom. The van der Waals surface area contributed by atoms with Gasteiger partial charge in [0.2, 0.25) is 0 Å². The fourth-order valence-corrected chi connectivity index (χ4v) is 4.12. The van der Waals surface area contributed by atoms with E-state index in [2.05, 4.69) is 28.8 Å². The van der Waals surface area contributed by atoms with E-state index in [-0.39, 0.29) is 12.0 Å². The first-order valence-corrected chi connectivity index (χ1v) is 10.4. The molecule has 1 amide bonds. The van der Waals surface area contributed by atoms with Crippen molar-refractivity contribution in [2.75, 3.05) is 5.32 Å². The van der Waals surface area contributed by atoms with E-state index in [1.54, 1.807) is 0 Å². The number of carbonyl (C=O) groups is 1. The molecule has 0 unspecified atom stereocenters.